The van der Waals surface area contributed by atoms with Gasteiger partial charge in [0.1, 0.15) is 11.9 Å². The monoisotopic (exact) mass is 439 g/mol. The zero-order chi connectivity index (χ0) is 19.6. The maximum atomic E-state index is 12.0. The normalized spacial score (nSPS) is 12.2. The summed E-state index contributed by atoms with van der Waals surface area (Å²) in [6, 6.07) is 7.26. The van der Waals surface area contributed by atoms with Crippen LogP contribution in [0.5, 0.6) is 5.75 Å². The maximum Gasteiger partial charge on any atom is 0.228 e. The molecule has 1 atom stereocenters. The number of anilines is 1. The van der Waals surface area contributed by atoms with Crippen LogP contribution < -0.4 is 20.7 Å². The standard InChI is InChI=1S/C17H24Cl3N3O2S/c1-3-5-6-7-14(24)22-15(17(18,19)20)23-16(26)21-12-8-10-13(11-9-12)25-4-2/h8-11,15H,3-7H2,1-2H3,(H,22,24)(H2,21,23,26)/t15-/m1/s1. The van der Waals surface area contributed by atoms with Crippen molar-refractivity contribution in [1.82, 2.24) is 10.6 Å². The molecule has 0 aliphatic heterocycles. The van der Waals surface area contributed by atoms with Crippen molar-refractivity contribution in [2.24, 2.45) is 0 Å². The Hall–Kier alpha value is -0.950. The quantitative estimate of drug-likeness (QED) is 0.223. The summed E-state index contributed by atoms with van der Waals surface area (Å²) >= 11 is 23.1. The number of ether oxygens (including phenoxy) is 1. The molecule has 3 N–H and O–H groups in total. The van der Waals surface area contributed by atoms with Gasteiger partial charge in [-0.05, 0) is 49.8 Å². The van der Waals surface area contributed by atoms with Crippen LogP contribution in [0.1, 0.15) is 39.5 Å². The first-order valence-corrected chi connectivity index (χ1v) is 9.97. The number of halogens is 3. The Morgan fingerprint density at radius 1 is 1.15 bits per heavy atom. The van der Waals surface area contributed by atoms with E-state index in [1.807, 2.05) is 31.2 Å². The van der Waals surface area contributed by atoms with E-state index < -0.39 is 9.96 Å². The molecule has 146 valence electrons. The van der Waals surface area contributed by atoms with Crippen molar-refractivity contribution in [3.8, 4) is 5.75 Å². The molecule has 0 aliphatic carbocycles. The fourth-order valence-corrected chi connectivity index (χ4v) is 2.63. The average molecular weight is 441 g/mol. The van der Waals surface area contributed by atoms with Crippen LogP contribution in [0.3, 0.4) is 0 Å². The first kappa shape index (κ1) is 23.1. The zero-order valence-electron chi connectivity index (χ0n) is 14.8. The summed E-state index contributed by atoms with van der Waals surface area (Å²) in [7, 11) is 0. The smallest absolute Gasteiger partial charge is 0.228 e. The molecule has 1 aromatic rings. The Labute approximate surface area is 175 Å². The van der Waals surface area contributed by atoms with Gasteiger partial charge in [-0.15, -0.1) is 0 Å². The Bertz CT molecular complexity index is 580. The molecule has 0 fully saturated rings. The molecule has 0 spiro atoms. The Morgan fingerprint density at radius 3 is 2.35 bits per heavy atom. The first-order chi connectivity index (χ1) is 12.3. The summed E-state index contributed by atoms with van der Waals surface area (Å²) < 4.78 is 3.62. The van der Waals surface area contributed by atoms with Crippen molar-refractivity contribution in [3.05, 3.63) is 24.3 Å². The molecule has 0 heterocycles. The molecule has 0 aromatic heterocycles. The highest BCUT2D eigenvalue weighted by molar-refractivity contribution is 7.80. The third-order valence-corrected chi connectivity index (χ3v) is 4.21. The lowest BCUT2D eigenvalue weighted by atomic mass is 10.2. The average Bonchev–Trinajstić information content (AvgIpc) is 2.56. The van der Waals surface area contributed by atoms with Crippen molar-refractivity contribution in [3.63, 3.8) is 0 Å². The highest BCUT2D eigenvalue weighted by Crippen LogP contribution is 2.29. The van der Waals surface area contributed by atoms with E-state index in [1.165, 1.54) is 0 Å². The molecule has 0 radical (unpaired) electrons. The summed E-state index contributed by atoms with van der Waals surface area (Å²) in [5.74, 6) is 0.557. The summed E-state index contributed by atoms with van der Waals surface area (Å²) in [4.78, 5) is 12.0. The lowest BCUT2D eigenvalue weighted by molar-refractivity contribution is -0.122. The van der Waals surface area contributed by atoms with Gasteiger partial charge < -0.3 is 20.7 Å². The predicted octanol–water partition coefficient (Wildman–Crippen LogP) is 4.76. The minimum absolute atomic E-state index is 0.203. The van der Waals surface area contributed by atoms with Gasteiger partial charge in [0, 0.05) is 12.1 Å². The number of hydrogen-bond acceptors (Lipinski definition) is 3. The SMILES string of the molecule is CCCCCC(=O)N[C@H](NC(=S)Nc1ccc(OCC)cc1)C(Cl)(Cl)Cl. The molecule has 0 saturated carbocycles. The summed E-state index contributed by atoms with van der Waals surface area (Å²) in [5.41, 5.74) is 0.739. The van der Waals surface area contributed by atoms with Gasteiger partial charge in [-0.3, -0.25) is 4.79 Å². The van der Waals surface area contributed by atoms with Crippen LogP contribution >= 0.6 is 47.0 Å². The summed E-state index contributed by atoms with van der Waals surface area (Å²) in [6.45, 7) is 4.57. The molecule has 5 nitrogen and oxygen atoms in total. The molecule has 0 aliphatic rings. The molecule has 1 amide bonds. The molecular formula is C17H24Cl3N3O2S. The van der Waals surface area contributed by atoms with Gasteiger partial charge in [-0.1, -0.05) is 54.6 Å². The minimum Gasteiger partial charge on any atom is -0.494 e. The lowest BCUT2D eigenvalue weighted by Gasteiger charge is -2.27. The fourth-order valence-electron chi connectivity index (χ4n) is 2.07. The second kappa shape index (κ2) is 11.7. The molecule has 9 heteroatoms. The molecular weight excluding hydrogens is 417 g/mol. The van der Waals surface area contributed by atoms with Crippen LogP contribution in [0.4, 0.5) is 5.69 Å². The van der Waals surface area contributed by atoms with Crippen LogP contribution in [-0.2, 0) is 4.79 Å². The van der Waals surface area contributed by atoms with Crippen LogP contribution in [-0.4, -0.2) is 27.6 Å². The maximum absolute atomic E-state index is 12.0. The molecule has 0 bridgehead atoms. The number of unbranched alkanes of at least 4 members (excludes halogenated alkanes) is 2. The lowest BCUT2D eigenvalue weighted by Crippen LogP contribution is -2.56. The summed E-state index contributed by atoms with van der Waals surface area (Å²) in [5, 5.41) is 8.69. The molecule has 0 unspecified atom stereocenters. The highest BCUT2D eigenvalue weighted by Gasteiger charge is 2.34. The van der Waals surface area contributed by atoms with E-state index >= 15 is 0 Å². The number of hydrogen-bond donors (Lipinski definition) is 3. The van der Waals surface area contributed by atoms with Crippen molar-refractivity contribution in [2.75, 3.05) is 11.9 Å². The van der Waals surface area contributed by atoms with Crippen LogP contribution in [0.25, 0.3) is 0 Å². The van der Waals surface area contributed by atoms with Gasteiger partial charge in [-0.25, -0.2) is 0 Å². The van der Waals surface area contributed by atoms with Crippen LogP contribution in [0.2, 0.25) is 0 Å². The Morgan fingerprint density at radius 2 is 1.81 bits per heavy atom. The minimum atomic E-state index is -1.76. The zero-order valence-corrected chi connectivity index (χ0v) is 17.9. The Kier molecular flexibility index (Phi) is 10.4. The number of carbonyl (C=O) groups is 1. The van der Waals surface area contributed by atoms with E-state index in [9.17, 15) is 4.79 Å². The topological polar surface area (TPSA) is 62.4 Å². The number of amides is 1. The number of alkyl halides is 3. The van der Waals surface area contributed by atoms with Crippen molar-refractivity contribution in [2.45, 2.75) is 49.5 Å². The van der Waals surface area contributed by atoms with Crippen molar-refractivity contribution < 1.29 is 9.53 Å². The van der Waals surface area contributed by atoms with E-state index in [0.29, 0.717) is 13.0 Å². The van der Waals surface area contributed by atoms with Crippen LogP contribution in [0.15, 0.2) is 24.3 Å². The largest absolute Gasteiger partial charge is 0.494 e. The molecule has 1 rings (SSSR count). The second-order valence-corrected chi connectivity index (χ2v) is 8.33. The van der Waals surface area contributed by atoms with E-state index in [-0.39, 0.29) is 11.0 Å². The van der Waals surface area contributed by atoms with Crippen molar-refractivity contribution in [1.29, 1.82) is 0 Å². The van der Waals surface area contributed by atoms with E-state index in [2.05, 4.69) is 22.9 Å². The van der Waals surface area contributed by atoms with E-state index in [4.69, 9.17) is 51.8 Å². The fraction of sp³-hybridized carbons (Fsp3) is 0.529. The van der Waals surface area contributed by atoms with E-state index in [1.54, 1.807) is 0 Å². The summed E-state index contributed by atoms with van der Waals surface area (Å²) in [6.07, 6.45) is 2.19. The first-order valence-electron chi connectivity index (χ1n) is 8.42. The molecule has 26 heavy (non-hydrogen) atoms. The van der Waals surface area contributed by atoms with Gasteiger partial charge in [0.25, 0.3) is 0 Å². The van der Waals surface area contributed by atoms with Crippen molar-refractivity contribution >= 4 is 63.7 Å². The number of rotatable bonds is 9. The van der Waals surface area contributed by atoms with E-state index in [0.717, 1.165) is 30.7 Å². The number of thiocarbonyl (C=S) groups is 1. The predicted molar refractivity (Wildman–Crippen MR) is 113 cm³/mol. The van der Waals surface area contributed by atoms with Gasteiger partial charge >= 0.3 is 0 Å². The van der Waals surface area contributed by atoms with Crippen LogP contribution in [0, 0.1) is 0 Å². The highest BCUT2D eigenvalue weighted by atomic mass is 35.6. The van der Waals surface area contributed by atoms with Gasteiger partial charge in [0.2, 0.25) is 9.70 Å². The molecule has 1 aromatic carbocycles. The van der Waals surface area contributed by atoms with Gasteiger partial charge in [0.05, 0.1) is 6.61 Å². The third-order valence-electron chi connectivity index (χ3n) is 3.34. The van der Waals surface area contributed by atoms with Gasteiger partial charge in [-0.2, -0.15) is 0 Å². The second-order valence-electron chi connectivity index (χ2n) is 5.56. The molecule has 0 saturated heterocycles. The number of nitrogens with one attached hydrogen (secondary N) is 3. The Balaban J connectivity index is 2.60. The third kappa shape index (κ3) is 9.12. The van der Waals surface area contributed by atoms with Gasteiger partial charge in [0.15, 0.2) is 5.11 Å². The number of carbonyl (C=O) groups excluding carboxylic acids is 1. The number of benzene rings is 1.